The lowest BCUT2D eigenvalue weighted by Gasteiger charge is -2.13. The highest BCUT2D eigenvalue weighted by molar-refractivity contribution is 6.20. The van der Waals surface area contributed by atoms with Crippen molar-refractivity contribution in [2.24, 2.45) is 0 Å². The zero-order chi connectivity index (χ0) is 10.6. The smallest absolute Gasteiger partial charge is 0.169 e. The van der Waals surface area contributed by atoms with Gasteiger partial charge in [-0.25, -0.2) is 4.68 Å². The molecule has 2 unspecified atom stereocenters. The summed E-state index contributed by atoms with van der Waals surface area (Å²) < 4.78 is 1.83. The SMILES string of the molecule is CCCCC(C)n1nnnc1C(C)Cl. The van der Waals surface area contributed by atoms with Gasteiger partial charge in [-0.05, 0) is 30.7 Å². The topological polar surface area (TPSA) is 43.6 Å². The molecular weight excluding hydrogens is 200 g/mol. The van der Waals surface area contributed by atoms with Crippen molar-refractivity contribution in [3.8, 4) is 0 Å². The zero-order valence-corrected chi connectivity index (χ0v) is 9.70. The van der Waals surface area contributed by atoms with Crippen LogP contribution in [0.4, 0.5) is 0 Å². The van der Waals surface area contributed by atoms with Gasteiger partial charge in [0.15, 0.2) is 5.82 Å². The monoisotopic (exact) mass is 216 g/mol. The van der Waals surface area contributed by atoms with Gasteiger partial charge >= 0.3 is 0 Å². The molecule has 0 spiro atoms. The summed E-state index contributed by atoms with van der Waals surface area (Å²) in [5, 5.41) is 11.4. The van der Waals surface area contributed by atoms with Crippen LogP contribution >= 0.6 is 11.6 Å². The lowest BCUT2D eigenvalue weighted by atomic mass is 10.1. The van der Waals surface area contributed by atoms with Gasteiger partial charge in [-0.2, -0.15) is 0 Å². The van der Waals surface area contributed by atoms with Crippen molar-refractivity contribution < 1.29 is 0 Å². The predicted octanol–water partition coefficient (Wildman–Crippen LogP) is 2.72. The largest absolute Gasteiger partial charge is 0.225 e. The summed E-state index contributed by atoms with van der Waals surface area (Å²) in [7, 11) is 0. The highest BCUT2D eigenvalue weighted by Gasteiger charge is 2.15. The van der Waals surface area contributed by atoms with Gasteiger partial charge in [0.05, 0.1) is 11.4 Å². The minimum Gasteiger partial charge on any atom is -0.225 e. The number of halogens is 1. The molecule has 0 bridgehead atoms. The van der Waals surface area contributed by atoms with E-state index in [1.165, 1.54) is 12.8 Å². The third-order valence-electron chi connectivity index (χ3n) is 2.27. The summed E-state index contributed by atoms with van der Waals surface area (Å²) in [6, 6.07) is 0.334. The Morgan fingerprint density at radius 3 is 2.71 bits per heavy atom. The van der Waals surface area contributed by atoms with Crippen LogP contribution in [0.15, 0.2) is 0 Å². The molecule has 0 aromatic carbocycles. The first-order chi connectivity index (χ1) is 6.66. The van der Waals surface area contributed by atoms with Gasteiger partial charge in [-0.1, -0.05) is 19.8 Å². The molecular formula is C9H17ClN4. The molecule has 0 fully saturated rings. The number of aromatic nitrogens is 4. The van der Waals surface area contributed by atoms with Crippen molar-refractivity contribution in [2.75, 3.05) is 0 Å². The molecule has 0 radical (unpaired) electrons. The van der Waals surface area contributed by atoms with Crippen molar-refractivity contribution in [3.63, 3.8) is 0 Å². The van der Waals surface area contributed by atoms with Crippen molar-refractivity contribution >= 4 is 11.6 Å². The quantitative estimate of drug-likeness (QED) is 0.711. The lowest BCUT2D eigenvalue weighted by Crippen LogP contribution is -2.11. The van der Waals surface area contributed by atoms with Gasteiger partial charge in [0.25, 0.3) is 0 Å². The second-order valence-electron chi connectivity index (χ2n) is 3.59. The van der Waals surface area contributed by atoms with Gasteiger partial charge in [0, 0.05) is 0 Å². The van der Waals surface area contributed by atoms with Crippen LogP contribution in [0, 0.1) is 0 Å². The summed E-state index contributed by atoms with van der Waals surface area (Å²) in [6.07, 6.45) is 3.48. The second kappa shape index (κ2) is 5.29. The minimum absolute atomic E-state index is 0.130. The molecule has 0 N–H and O–H groups in total. The summed E-state index contributed by atoms with van der Waals surface area (Å²) in [5.74, 6) is 0.760. The fourth-order valence-electron chi connectivity index (χ4n) is 1.40. The number of nitrogens with zero attached hydrogens (tertiary/aromatic N) is 4. The Kier molecular flexibility index (Phi) is 4.32. The number of rotatable bonds is 5. The first-order valence-electron chi connectivity index (χ1n) is 5.08. The molecule has 0 aliphatic rings. The van der Waals surface area contributed by atoms with Crippen LogP contribution in [0.25, 0.3) is 0 Å². The first kappa shape index (κ1) is 11.4. The van der Waals surface area contributed by atoms with Gasteiger partial charge in [0.1, 0.15) is 0 Å². The van der Waals surface area contributed by atoms with Gasteiger partial charge in [-0.15, -0.1) is 16.7 Å². The first-order valence-corrected chi connectivity index (χ1v) is 5.52. The number of alkyl halides is 1. The van der Waals surface area contributed by atoms with Gasteiger partial charge in [-0.3, -0.25) is 0 Å². The Morgan fingerprint density at radius 2 is 2.14 bits per heavy atom. The standard InChI is InChI=1S/C9H17ClN4/c1-4-5-6-7(2)14-9(8(3)10)11-12-13-14/h7-8H,4-6H2,1-3H3. The number of hydrogen-bond acceptors (Lipinski definition) is 3. The molecule has 0 saturated carbocycles. The third-order valence-corrected chi connectivity index (χ3v) is 2.46. The highest BCUT2D eigenvalue weighted by atomic mass is 35.5. The fraction of sp³-hybridized carbons (Fsp3) is 0.889. The van der Waals surface area contributed by atoms with Crippen molar-refractivity contribution in [1.82, 2.24) is 20.2 Å². The maximum absolute atomic E-state index is 5.96. The Balaban J connectivity index is 2.68. The Labute approximate surface area is 89.6 Å². The molecule has 0 aliphatic carbocycles. The van der Waals surface area contributed by atoms with Crippen molar-refractivity contribution in [3.05, 3.63) is 5.82 Å². The summed E-state index contributed by atoms with van der Waals surface area (Å²) in [4.78, 5) is 0. The van der Waals surface area contributed by atoms with E-state index in [9.17, 15) is 0 Å². The van der Waals surface area contributed by atoms with E-state index in [4.69, 9.17) is 11.6 Å². The zero-order valence-electron chi connectivity index (χ0n) is 8.94. The number of tetrazole rings is 1. The minimum atomic E-state index is -0.130. The van der Waals surface area contributed by atoms with Crippen LogP contribution in [-0.2, 0) is 0 Å². The van der Waals surface area contributed by atoms with E-state index in [-0.39, 0.29) is 5.38 Å². The third kappa shape index (κ3) is 2.67. The summed E-state index contributed by atoms with van der Waals surface area (Å²) in [6.45, 7) is 6.18. The van der Waals surface area contributed by atoms with E-state index in [0.29, 0.717) is 6.04 Å². The van der Waals surface area contributed by atoms with E-state index in [1.807, 2.05) is 11.6 Å². The maximum atomic E-state index is 5.96. The van der Waals surface area contributed by atoms with Crippen LogP contribution < -0.4 is 0 Å². The van der Waals surface area contributed by atoms with E-state index >= 15 is 0 Å². The Morgan fingerprint density at radius 1 is 1.43 bits per heavy atom. The lowest BCUT2D eigenvalue weighted by molar-refractivity contribution is 0.420. The van der Waals surface area contributed by atoms with E-state index < -0.39 is 0 Å². The maximum Gasteiger partial charge on any atom is 0.169 e. The van der Waals surface area contributed by atoms with Crippen LogP contribution in [0.1, 0.15) is 57.3 Å². The average Bonchev–Trinajstić information content (AvgIpc) is 2.62. The van der Waals surface area contributed by atoms with Gasteiger partial charge in [0.2, 0.25) is 0 Å². The van der Waals surface area contributed by atoms with E-state index in [0.717, 1.165) is 12.2 Å². The predicted molar refractivity (Wildman–Crippen MR) is 56.3 cm³/mol. The number of unbranched alkanes of at least 4 members (excludes halogenated alkanes) is 1. The Hall–Kier alpha value is -0.640. The number of hydrogen-bond donors (Lipinski definition) is 0. The molecule has 0 saturated heterocycles. The Bertz CT molecular complexity index is 272. The van der Waals surface area contributed by atoms with E-state index in [1.54, 1.807) is 0 Å². The van der Waals surface area contributed by atoms with Crippen molar-refractivity contribution in [1.29, 1.82) is 0 Å². The summed E-state index contributed by atoms with van der Waals surface area (Å²) >= 11 is 5.96. The molecule has 1 aromatic rings. The molecule has 0 amide bonds. The highest BCUT2D eigenvalue weighted by Crippen LogP contribution is 2.21. The van der Waals surface area contributed by atoms with Crippen LogP contribution in [0.2, 0.25) is 0 Å². The normalized spacial score (nSPS) is 15.4. The average molecular weight is 217 g/mol. The van der Waals surface area contributed by atoms with Crippen LogP contribution in [0.3, 0.4) is 0 Å². The van der Waals surface area contributed by atoms with Gasteiger partial charge < -0.3 is 0 Å². The second-order valence-corrected chi connectivity index (χ2v) is 4.24. The van der Waals surface area contributed by atoms with Crippen LogP contribution in [-0.4, -0.2) is 20.2 Å². The molecule has 0 aliphatic heterocycles. The molecule has 14 heavy (non-hydrogen) atoms. The fourth-order valence-corrected chi connectivity index (χ4v) is 1.54. The molecule has 5 heteroatoms. The van der Waals surface area contributed by atoms with Crippen molar-refractivity contribution in [2.45, 2.75) is 51.5 Å². The molecule has 80 valence electrons. The van der Waals surface area contributed by atoms with E-state index in [2.05, 4.69) is 29.4 Å². The molecule has 1 rings (SSSR count). The molecule has 1 aromatic heterocycles. The van der Waals surface area contributed by atoms with Crippen LogP contribution in [0.5, 0.6) is 0 Å². The molecule has 1 heterocycles. The summed E-state index contributed by atoms with van der Waals surface area (Å²) in [5.41, 5.74) is 0. The molecule has 2 atom stereocenters. The molecule has 4 nitrogen and oxygen atoms in total.